The highest BCUT2D eigenvalue weighted by Crippen LogP contribution is 2.35. The minimum absolute atomic E-state index is 0.242. The van der Waals surface area contributed by atoms with Crippen LogP contribution in [0.3, 0.4) is 0 Å². The van der Waals surface area contributed by atoms with E-state index in [4.69, 9.17) is 4.99 Å². The van der Waals surface area contributed by atoms with Crippen LogP contribution in [-0.4, -0.2) is 24.1 Å². The van der Waals surface area contributed by atoms with Crippen molar-refractivity contribution in [3.05, 3.63) is 46.7 Å². The van der Waals surface area contributed by atoms with Crippen LogP contribution in [-0.2, 0) is 4.79 Å². The van der Waals surface area contributed by atoms with Crippen molar-refractivity contribution in [3.63, 3.8) is 0 Å². The molecule has 1 aromatic carbocycles. The fraction of sp³-hybridized carbons (Fsp3) is 0.500. The third kappa shape index (κ3) is 2.85. The molecule has 1 aliphatic heterocycles. The van der Waals surface area contributed by atoms with Crippen LogP contribution in [0.25, 0.3) is 0 Å². The molecule has 1 fully saturated rings. The molecule has 0 spiro atoms. The zero-order valence-corrected chi connectivity index (χ0v) is 13.7. The zero-order chi connectivity index (χ0) is 15.8. The first kappa shape index (κ1) is 14.7. The number of Topliss-reactive ketones (excluding diaryl/α,β-unsaturated/α-hetero) is 1. The Bertz CT molecular complexity index is 671. The van der Waals surface area contributed by atoms with Crippen molar-refractivity contribution >= 4 is 12.0 Å². The molecule has 0 bridgehead atoms. The van der Waals surface area contributed by atoms with E-state index in [9.17, 15) is 4.79 Å². The summed E-state index contributed by atoms with van der Waals surface area (Å²) in [6, 6.07) is 9.39. The number of rotatable bonds is 1. The van der Waals surface area contributed by atoms with Gasteiger partial charge in [0.05, 0.1) is 11.6 Å². The molecule has 120 valence electrons. The van der Waals surface area contributed by atoms with E-state index in [0.29, 0.717) is 24.4 Å². The summed E-state index contributed by atoms with van der Waals surface area (Å²) < 4.78 is 0. The summed E-state index contributed by atoms with van der Waals surface area (Å²) in [5.74, 6) is 0.537. The lowest BCUT2D eigenvalue weighted by Gasteiger charge is -2.32. The van der Waals surface area contributed by atoms with Gasteiger partial charge in [-0.1, -0.05) is 42.7 Å². The predicted octanol–water partition coefficient (Wildman–Crippen LogP) is 3.68. The molecule has 2 aliphatic carbocycles. The second kappa shape index (κ2) is 5.95. The summed E-state index contributed by atoms with van der Waals surface area (Å²) in [6.07, 6.45) is 8.23. The van der Waals surface area contributed by atoms with Crippen LogP contribution < -0.4 is 5.32 Å². The molecule has 0 unspecified atom stereocenters. The molecule has 0 radical (unpaired) electrons. The van der Waals surface area contributed by atoms with Gasteiger partial charge in [0.2, 0.25) is 0 Å². The molecule has 3 aliphatic rings. The molecule has 0 saturated heterocycles. The monoisotopic (exact) mass is 308 g/mol. The van der Waals surface area contributed by atoms with Crippen LogP contribution in [0.1, 0.15) is 55.6 Å². The van der Waals surface area contributed by atoms with E-state index in [2.05, 4.69) is 36.5 Å². The molecule has 3 nitrogen and oxygen atoms in total. The van der Waals surface area contributed by atoms with Crippen molar-refractivity contribution in [1.29, 1.82) is 0 Å². The Kier molecular flexibility index (Phi) is 3.80. The average Bonchev–Trinajstić information content (AvgIpc) is 2.74. The molecule has 1 saturated carbocycles. The number of nitrogens with one attached hydrogen (secondary N) is 1. The Morgan fingerprint density at radius 3 is 2.70 bits per heavy atom. The lowest BCUT2D eigenvalue weighted by molar-refractivity contribution is -0.115. The summed E-state index contributed by atoms with van der Waals surface area (Å²) in [5, 5.41) is 3.70. The molecular formula is C20H24N2O. The molecule has 3 atom stereocenters. The second-order valence-electron chi connectivity index (χ2n) is 7.21. The minimum atomic E-state index is 0.242. The number of hydrogen-bond donors (Lipinski definition) is 1. The van der Waals surface area contributed by atoms with Crippen molar-refractivity contribution in [3.8, 4) is 0 Å². The van der Waals surface area contributed by atoms with Crippen LogP contribution in [0, 0.1) is 6.92 Å². The lowest BCUT2D eigenvalue weighted by atomic mass is 9.81. The van der Waals surface area contributed by atoms with Crippen LogP contribution in [0.2, 0.25) is 0 Å². The van der Waals surface area contributed by atoms with E-state index in [-0.39, 0.29) is 5.78 Å². The second-order valence-corrected chi connectivity index (χ2v) is 7.21. The fourth-order valence-electron chi connectivity index (χ4n) is 4.14. The largest absolute Gasteiger partial charge is 0.383 e. The van der Waals surface area contributed by atoms with Crippen LogP contribution in [0.5, 0.6) is 0 Å². The topological polar surface area (TPSA) is 41.5 Å². The van der Waals surface area contributed by atoms with Gasteiger partial charge in [0.15, 0.2) is 5.78 Å². The third-order valence-corrected chi connectivity index (χ3v) is 5.54. The van der Waals surface area contributed by atoms with Crippen LogP contribution in [0.15, 0.2) is 40.5 Å². The highest BCUT2D eigenvalue weighted by atomic mass is 16.1. The Labute approximate surface area is 137 Å². The number of carbonyl (C=O) groups is 1. The Morgan fingerprint density at radius 1 is 1.09 bits per heavy atom. The van der Waals surface area contributed by atoms with Gasteiger partial charge < -0.3 is 5.32 Å². The molecule has 0 amide bonds. The lowest BCUT2D eigenvalue weighted by Crippen LogP contribution is -2.41. The molecule has 4 rings (SSSR count). The van der Waals surface area contributed by atoms with Crippen LogP contribution >= 0.6 is 0 Å². The maximum absolute atomic E-state index is 12.6. The molecule has 0 aromatic heterocycles. The number of aryl methyl sites for hydroxylation is 1. The first-order valence-electron chi connectivity index (χ1n) is 8.83. The Morgan fingerprint density at radius 2 is 1.87 bits per heavy atom. The molecule has 1 aromatic rings. The number of aliphatic imine (C=N–C) groups is 1. The van der Waals surface area contributed by atoms with Gasteiger partial charge in [0, 0.05) is 24.4 Å². The predicted molar refractivity (Wildman–Crippen MR) is 92.9 cm³/mol. The third-order valence-electron chi connectivity index (χ3n) is 5.54. The number of allylic oxidation sites excluding steroid dienone is 2. The van der Waals surface area contributed by atoms with Gasteiger partial charge in [-0.25, -0.2) is 0 Å². The number of nitrogens with zero attached hydrogens (tertiary/aromatic N) is 1. The number of benzene rings is 1. The summed E-state index contributed by atoms with van der Waals surface area (Å²) in [6.45, 7) is 2.10. The number of fused-ring (bicyclic) bond motifs is 1. The Balaban J connectivity index is 1.61. The SMILES string of the molecule is Cc1ccc([C@@H]2CC(=O)C3=C(C2)N[C@@H]2CCCC[C@@H]2N=C3)cc1. The summed E-state index contributed by atoms with van der Waals surface area (Å²) in [4.78, 5) is 17.4. The normalized spacial score (nSPS) is 30.3. The summed E-state index contributed by atoms with van der Waals surface area (Å²) in [7, 11) is 0. The summed E-state index contributed by atoms with van der Waals surface area (Å²) in [5.41, 5.74) is 4.51. The van der Waals surface area contributed by atoms with Gasteiger partial charge in [0.25, 0.3) is 0 Å². The van der Waals surface area contributed by atoms with E-state index < -0.39 is 0 Å². The van der Waals surface area contributed by atoms with Gasteiger partial charge >= 0.3 is 0 Å². The first-order valence-corrected chi connectivity index (χ1v) is 8.83. The molecule has 1 N–H and O–H groups in total. The maximum Gasteiger partial charge on any atom is 0.166 e. The van der Waals surface area contributed by atoms with Gasteiger partial charge in [0.1, 0.15) is 0 Å². The fourth-order valence-corrected chi connectivity index (χ4v) is 4.14. The van der Waals surface area contributed by atoms with Crippen molar-refractivity contribution in [2.45, 2.75) is 63.5 Å². The minimum Gasteiger partial charge on any atom is -0.383 e. The van der Waals surface area contributed by atoms with Crippen molar-refractivity contribution in [1.82, 2.24) is 5.32 Å². The van der Waals surface area contributed by atoms with Crippen molar-refractivity contribution in [2.24, 2.45) is 4.99 Å². The van der Waals surface area contributed by atoms with E-state index in [1.807, 2.05) is 6.21 Å². The zero-order valence-electron chi connectivity index (χ0n) is 13.7. The molecular weight excluding hydrogens is 284 g/mol. The quantitative estimate of drug-likeness (QED) is 0.860. The number of hydrogen-bond acceptors (Lipinski definition) is 3. The molecule has 3 heteroatoms. The van der Waals surface area contributed by atoms with Crippen LogP contribution in [0.4, 0.5) is 0 Å². The van der Waals surface area contributed by atoms with Gasteiger partial charge in [-0.3, -0.25) is 9.79 Å². The molecule has 1 heterocycles. The van der Waals surface area contributed by atoms with Gasteiger partial charge in [-0.15, -0.1) is 0 Å². The smallest absolute Gasteiger partial charge is 0.166 e. The maximum atomic E-state index is 12.6. The highest BCUT2D eigenvalue weighted by Gasteiger charge is 2.33. The average molecular weight is 308 g/mol. The van der Waals surface area contributed by atoms with E-state index in [1.54, 1.807) is 0 Å². The first-order chi connectivity index (χ1) is 11.2. The van der Waals surface area contributed by atoms with Gasteiger partial charge in [-0.2, -0.15) is 0 Å². The standard InChI is InChI=1S/C20H24N2O/c1-13-6-8-14(9-7-13)15-10-19-16(20(23)11-15)12-21-17-4-2-3-5-18(17)22-19/h6-9,12,15,17-18,22H,2-5,10-11H2,1H3/t15-,17-,18+/m0/s1. The van der Waals surface area contributed by atoms with E-state index in [0.717, 1.165) is 24.1 Å². The van der Waals surface area contributed by atoms with Gasteiger partial charge in [-0.05, 0) is 37.7 Å². The summed E-state index contributed by atoms with van der Waals surface area (Å²) >= 11 is 0. The number of ketones is 1. The van der Waals surface area contributed by atoms with E-state index >= 15 is 0 Å². The Hall–Kier alpha value is -1.90. The molecule has 23 heavy (non-hydrogen) atoms. The highest BCUT2D eigenvalue weighted by molar-refractivity contribution is 6.15. The van der Waals surface area contributed by atoms with Crippen molar-refractivity contribution < 1.29 is 4.79 Å². The van der Waals surface area contributed by atoms with E-state index in [1.165, 1.54) is 30.4 Å². The van der Waals surface area contributed by atoms with Crippen molar-refractivity contribution in [2.75, 3.05) is 0 Å². The number of carbonyl (C=O) groups excluding carboxylic acids is 1.